The zero-order chi connectivity index (χ0) is 14.9. The van der Waals surface area contributed by atoms with E-state index in [1.807, 2.05) is 0 Å². The van der Waals surface area contributed by atoms with E-state index in [0.29, 0.717) is 5.57 Å². The molecule has 0 aromatic heterocycles. The van der Waals surface area contributed by atoms with Crippen LogP contribution in [0.15, 0.2) is 41.8 Å². The van der Waals surface area contributed by atoms with Crippen LogP contribution in [0.5, 0.6) is 0 Å². The molecule has 0 spiro atoms. The second-order valence-corrected chi connectivity index (χ2v) is 4.36. The molecule has 1 aromatic rings. The summed E-state index contributed by atoms with van der Waals surface area (Å²) >= 11 is 0. The Morgan fingerprint density at radius 3 is 2.65 bits per heavy atom. The molecule has 6 heteroatoms. The number of hydrogen-bond donors (Lipinski definition) is 1. The third kappa shape index (κ3) is 2.54. The van der Waals surface area contributed by atoms with Crippen LogP contribution in [0.1, 0.15) is 17.5 Å². The van der Waals surface area contributed by atoms with Gasteiger partial charge >= 0.3 is 6.18 Å². The van der Waals surface area contributed by atoms with Gasteiger partial charge in [0, 0.05) is 23.3 Å². The Morgan fingerprint density at radius 2 is 2.05 bits per heavy atom. The number of halogens is 3. The SMILES string of the molecule is COC=C1CC(N)=C(c2cccc(C(F)(F)F)c2)C1=O. The van der Waals surface area contributed by atoms with E-state index in [2.05, 4.69) is 0 Å². The van der Waals surface area contributed by atoms with Gasteiger partial charge in [-0.3, -0.25) is 4.79 Å². The Kier molecular flexibility index (Phi) is 3.57. The minimum atomic E-state index is -4.46. The Hall–Kier alpha value is -2.24. The van der Waals surface area contributed by atoms with Gasteiger partial charge in [0.05, 0.1) is 18.9 Å². The van der Waals surface area contributed by atoms with Gasteiger partial charge in [-0.2, -0.15) is 13.2 Å². The lowest BCUT2D eigenvalue weighted by Crippen LogP contribution is -2.07. The molecule has 0 unspecified atom stereocenters. The Labute approximate surface area is 113 Å². The molecule has 0 atom stereocenters. The standard InChI is InChI=1S/C14H12F3NO2/c1-20-7-9-6-11(18)12(13(9)19)8-3-2-4-10(5-8)14(15,16)17/h2-5,7H,6,18H2,1H3. The number of hydrogen-bond acceptors (Lipinski definition) is 3. The summed E-state index contributed by atoms with van der Waals surface area (Å²) in [6, 6.07) is 4.57. The minimum Gasteiger partial charge on any atom is -0.504 e. The van der Waals surface area contributed by atoms with Crippen molar-refractivity contribution in [2.45, 2.75) is 12.6 Å². The first kappa shape index (κ1) is 14.2. The van der Waals surface area contributed by atoms with Crippen molar-refractivity contribution in [1.82, 2.24) is 0 Å². The van der Waals surface area contributed by atoms with Crippen molar-refractivity contribution in [3.8, 4) is 0 Å². The topological polar surface area (TPSA) is 52.3 Å². The maximum absolute atomic E-state index is 12.7. The van der Waals surface area contributed by atoms with Crippen molar-refractivity contribution in [1.29, 1.82) is 0 Å². The number of alkyl halides is 3. The molecule has 0 saturated carbocycles. The molecule has 20 heavy (non-hydrogen) atoms. The van der Waals surface area contributed by atoms with E-state index in [9.17, 15) is 18.0 Å². The molecular weight excluding hydrogens is 271 g/mol. The molecule has 2 N–H and O–H groups in total. The Morgan fingerprint density at radius 1 is 1.35 bits per heavy atom. The summed E-state index contributed by atoms with van der Waals surface area (Å²) in [5.74, 6) is -0.399. The number of ether oxygens (including phenoxy) is 1. The van der Waals surface area contributed by atoms with Crippen molar-refractivity contribution >= 4 is 11.4 Å². The Balaban J connectivity index is 2.45. The molecule has 0 saturated heterocycles. The smallest absolute Gasteiger partial charge is 0.416 e. The third-order valence-corrected chi connectivity index (χ3v) is 2.96. The highest BCUT2D eigenvalue weighted by Crippen LogP contribution is 2.35. The van der Waals surface area contributed by atoms with Gasteiger partial charge < -0.3 is 10.5 Å². The fourth-order valence-electron chi connectivity index (χ4n) is 2.09. The molecule has 1 aliphatic rings. The highest BCUT2D eigenvalue weighted by Gasteiger charge is 2.33. The lowest BCUT2D eigenvalue weighted by Gasteiger charge is -2.09. The van der Waals surface area contributed by atoms with Crippen molar-refractivity contribution < 1.29 is 22.7 Å². The summed E-state index contributed by atoms with van der Waals surface area (Å²) in [7, 11) is 1.39. The van der Waals surface area contributed by atoms with E-state index >= 15 is 0 Å². The van der Waals surface area contributed by atoms with Gasteiger partial charge in [0.1, 0.15) is 0 Å². The van der Waals surface area contributed by atoms with Gasteiger partial charge in [-0.25, -0.2) is 0 Å². The normalized spacial score (nSPS) is 18.0. The summed E-state index contributed by atoms with van der Waals surface area (Å²) in [5.41, 5.74) is 5.81. The summed E-state index contributed by atoms with van der Waals surface area (Å²) in [4.78, 5) is 12.1. The molecule has 106 valence electrons. The number of rotatable bonds is 2. The summed E-state index contributed by atoms with van der Waals surface area (Å²) < 4.78 is 42.8. The van der Waals surface area contributed by atoms with Gasteiger partial charge in [0.15, 0.2) is 5.78 Å². The average molecular weight is 283 g/mol. The first-order chi connectivity index (χ1) is 9.34. The summed E-state index contributed by atoms with van der Waals surface area (Å²) in [6.45, 7) is 0. The molecule has 0 aliphatic heterocycles. The summed E-state index contributed by atoms with van der Waals surface area (Å²) in [5, 5.41) is 0. The molecule has 1 aliphatic carbocycles. The predicted octanol–water partition coefficient (Wildman–Crippen LogP) is 2.88. The largest absolute Gasteiger partial charge is 0.504 e. The van der Waals surface area contributed by atoms with Crippen molar-refractivity contribution in [2.24, 2.45) is 5.73 Å². The number of benzene rings is 1. The van der Waals surface area contributed by atoms with Crippen molar-refractivity contribution in [3.05, 3.63) is 52.9 Å². The third-order valence-electron chi connectivity index (χ3n) is 2.96. The highest BCUT2D eigenvalue weighted by atomic mass is 19.4. The van der Waals surface area contributed by atoms with Crippen LogP contribution in [0, 0.1) is 0 Å². The van der Waals surface area contributed by atoms with Crippen LogP contribution in [-0.4, -0.2) is 12.9 Å². The molecule has 0 bridgehead atoms. The molecule has 0 fully saturated rings. The zero-order valence-corrected chi connectivity index (χ0v) is 10.6. The van der Waals surface area contributed by atoms with Crippen molar-refractivity contribution in [2.75, 3.05) is 7.11 Å². The minimum absolute atomic E-state index is 0.111. The van der Waals surface area contributed by atoms with Crippen LogP contribution in [0.4, 0.5) is 13.2 Å². The van der Waals surface area contributed by atoms with E-state index in [1.165, 1.54) is 25.5 Å². The van der Waals surface area contributed by atoms with E-state index in [-0.39, 0.29) is 23.3 Å². The van der Waals surface area contributed by atoms with Crippen LogP contribution < -0.4 is 5.73 Å². The molecule has 0 heterocycles. The lowest BCUT2D eigenvalue weighted by molar-refractivity contribution is -0.137. The second kappa shape index (κ2) is 5.03. The monoisotopic (exact) mass is 283 g/mol. The first-order valence-electron chi connectivity index (χ1n) is 5.77. The molecule has 1 aromatic carbocycles. The zero-order valence-electron chi connectivity index (χ0n) is 10.6. The van der Waals surface area contributed by atoms with E-state index < -0.39 is 17.5 Å². The quantitative estimate of drug-likeness (QED) is 0.670. The number of Topliss-reactive ketones (excluding diaryl/α,β-unsaturated/α-hetero) is 1. The van der Waals surface area contributed by atoms with Crippen LogP contribution >= 0.6 is 0 Å². The van der Waals surface area contributed by atoms with E-state index in [1.54, 1.807) is 0 Å². The van der Waals surface area contributed by atoms with Gasteiger partial charge in [0.25, 0.3) is 0 Å². The maximum Gasteiger partial charge on any atom is 0.416 e. The van der Waals surface area contributed by atoms with E-state index in [0.717, 1.165) is 12.1 Å². The first-order valence-corrected chi connectivity index (χ1v) is 5.77. The average Bonchev–Trinajstić information content (AvgIpc) is 2.64. The maximum atomic E-state index is 12.7. The molecular formula is C14H12F3NO2. The number of methoxy groups -OCH3 is 1. The fourth-order valence-corrected chi connectivity index (χ4v) is 2.09. The number of carbonyl (C=O) groups excluding carboxylic acids is 1. The lowest BCUT2D eigenvalue weighted by atomic mass is 10.0. The number of ketones is 1. The molecule has 0 radical (unpaired) electrons. The van der Waals surface area contributed by atoms with Crippen LogP contribution in [-0.2, 0) is 15.7 Å². The summed E-state index contributed by atoms with van der Waals surface area (Å²) in [6.07, 6.45) is -3.02. The van der Waals surface area contributed by atoms with Gasteiger partial charge in [-0.15, -0.1) is 0 Å². The van der Waals surface area contributed by atoms with Crippen LogP contribution in [0.3, 0.4) is 0 Å². The second-order valence-electron chi connectivity index (χ2n) is 4.36. The number of allylic oxidation sites excluding steroid dienone is 2. The molecule has 0 amide bonds. The van der Waals surface area contributed by atoms with Crippen LogP contribution in [0.25, 0.3) is 5.57 Å². The highest BCUT2D eigenvalue weighted by molar-refractivity contribution is 6.32. The number of nitrogens with two attached hydrogens (primary N) is 1. The van der Waals surface area contributed by atoms with Crippen molar-refractivity contribution in [3.63, 3.8) is 0 Å². The number of carbonyl (C=O) groups is 1. The molecule has 2 rings (SSSR count). The van der Waals surface area contributed by atoms with Gasteiger partial charge in [-0.05, 0) is 17.7 Å². The fraction of sp³-hybridized carbons (Fsp3) is 0.214. The predicted molar refractivity (Wildman–Crippen MR) is 67.3 cm³/mol. The van der Waals surface area contributed by atoms with Gasteiger partial charge in [-0.1, -0.05) is 12.1 Å². The Bertz CT molecular complexity index is 615. The van der Waals surface area contributed by atoms with Crippen LogP contribution in [0.2, 0.25) is 0 Å². The molecule has 3 nitrogen and oxygen atoms in total. The van der Waals surface area contributed by atoms with Gasteiger partial charge in [0.2, 0.25) is 0 Å². The van der Waals surface area contributed by atoms with E-state index in [4.69, 9.17) is 10.5 Å².